The molecule has 0 aliphatic rings. The Kier molecular flexibility index (Phi) is 18.5. The fraction of sp³-hybridized carbons (Fsp3) is 0.786. The van der Waals surface area contributed by atoms with E-state index in [2.05, 4.69) is 31.3 Å². The second kappa shape index (κ2) is 20.7. The van der Waals surface area contributed by atoms with Gasteiger partial charge >= 0.3 is 0 Å². The van der Waals surface area contributed by atoms with Crippen molar-refractivity contribution in [1.29, 1.82) is 0 Å². The molecule has 0 aliphatic carbocycles. The molecule has 0 aromatic heterocycles. The van der Waals surface area contributed by atoms with Crippen LogP contribution in [0.3, 0.4) is 0 Å². The molecule has 1 aromatic carbocycles. The first-order chi connectivity index (χ1) is 15.3. The lowest BCUT2D eigenvalue weighted by Gasteiger charge is -2.12. The van der Waals surface area contributed by atoms with Gasteiger partial charge in [0.1, 0.15) is 0 Å². The van der Waals surface area contributed by atoms with E-state index < -0.39 is 0 Å². The van der Waals surface area contributed by atoms with Crippen LogP contribution in [0.5, 0.6) is 11.5 Å². The van der Waals surface area contributed by atoms with Crippen LogP contribution >= 0.6 is 0 Å². The predicted molar refractivity (Wildman–Crippen MR) is 135 cm³/mol. The molecule has 3 nitrogen and oxygen atoms in total. The first-order valence-electron chi connectivity index (χ1n) is 13.3. The van der Waals surface area contributed by atoms with Crippen molar-refractivity contribution in [3.05, 3.63) is 23.8 Å². The van der Waals surface area contributed by atoms with Crippen molar-refractivity contribution in [2.75, 3.05) is 20.3 Å². The first-order valence-corrected chi connectivity index (χ1v) is 13.3. The molecule has 0 radical (unpaired) electrons. The number of methoxy groups -OCH3 is 1. The third-order valence-electron chi connectivity index (χ3n) is 6.02. The summed E-state index contributed by atoms with van der Waals surface area (Å²) in [5.74, 6) is 1.69. The molecule has 0 amide bonds. The van der Waals surface area contributed by atoms with Crippen molar-refractivity contribution in [3.63, 3.8) is 0 Å². The lowest BCUT2D eigenvalue weighted by molar-refractivity contribution is 0.288. The smallest absolute Gasteiger partial charge is 0.161 e. The standard InChI is InChI=1S/C28H51NO2/c1-4-6-8-9-10-11-12-13-14-15-16-17-18-19-22-29-25-26-20-21-27(28(24-26)30-3)31-23-7-5-2/h20-21,24,29H,4-19,22-23,25H2,1-3H3. The van der Waals surface area contributed by atoms with Crippen molar-refractivity contribution < 1.29 is 9.47 Å². The molecule has 1 aromatic rings. The third kappa shape index (κ3) is 15.3. The Hall–Kier alpha value is -1.22. The lowest BCUT2D eigenvalue weighted by Crippen LogP contribution is -2.14. The van der Waals surface area contributed by atoms with E-state index in [-0.39, 0.29) is 0 Å². The molecular weight excluding hydrogens is 382 g/mol. The Labute approximate surface area is 193 Å². The van der Waals surface area contributed by atoms with Gasteiger partial charge in [0.2, 0.25) is 0 Å². The molecule has 180 valence electrons. The first kappa shape index (κ1) is 27.8. The van der Waals surface area contributed by atoms with Gasteiger partial charge in [0.25, 0.3) is 0 Å². The SMILES string of the molecule is CCCCCCCCCCCCCCCCNCc1ccc(OCCCC)c(OC)c1. The average molecular weight is 434 g/mol. The highest BCUT2D eigenvalue weighted by atomic mass is 16.5. The molecule has 0 bridgehead atoms. The zero-order valence-corrected chi connectivity index (χ0v) is 21.0. The number of rotatable bonds is 22. The summed E-state index contributed by atoms with van der Waals surface area (Å²) in [5, 5.41) is 3.57. The molecule has 0 aliphatic heterocycles. The van der Waals surface area contributed by atoms with Gasteiger partial charge in [-0.05, 0) is 37.1 Å². The van der Waals surface area contributed by atoms with Gasteiger partial charge < -0.3 is 14.8 Å². The summed E-state index contributed by atoms with van der Waals surface area (Å²) in [6.07, 6.45) is 22.0. The molecule has 0 spiro atoms. The molecule has 1 N–H and O–H groups in total. The Balaban J connectivity index is 1.95. The van der Waals surface area contributed by atoms with Crippen LogP contribution in [0.4, 0.5) is 0 Å². The summed E-state index contributed by atoms with van der Waals surface area (Å²) in [6, 6.07) is 6.28. The molecule has 0 fully saturated rings. The molecule has 3 heteroatoms. The van der Waals surface area contributed by atoms with Crippen molar-refractivity contribution >= 4 is 0 Å². The minimum atomic E-state index is 0.754. The van der Waals surface area contributed by atoms with E-state index in [1.165, 1.54) is 95.5 Å². The quantitative estimate of drug-likeness (QED) is 0.186. The van der Waals surface area contributed by atoms with Crippen LogP contribution in [-0.4, -0.2) is 20.3 Å². The normalized spacial score (nSPS) is 11.1. The Morgan fingerprint density at radius 3 is 1.74 bits per heavy atom. The summed E-state index contributed by atoms with van der Waals surface area (Å²) in [5.41, 5.74) is 1.25. The third-order valence-corrected chi connectivity index (χ3v) is 6.02. The van der Waals surface area contributed by atoms with E-state index in [0.717, 1.165) is 44.0 Å². The molecule has 0 atom stereocenters. The number of ether oxygens (including phenoxy) is 2. The Bertz CT molecular complexity index is 518. The van der Waals surface area contributed by atoms with Crippen molar-refractivity contribution in [2.45, 2.75) is 123 Å². The largest absolute Gasteiger partial charge is 0.493 e. The molecule has 0 saturated heterocycles. The lowest BCUT2D eigenvalue weighted by atomic mass is 10.0. The number of unbranched alkanes of at least 4 members (excludes halogenated alkanes) is 14. The monoisotopic (exact) mass is 433 g/mol. The van der Waals surface area contributed by atoms with Crippen molar-refractivity contribution in [1.82, 2.24) is 5.32 Å². The summed E-state index contributed by atoms with van der Waals surface area (Å²) < 4.78 is 11.3. The van der Waals surface area contributed by atoms with Crippen LogP contribution in [0.15, 0.2) is 18.2 Å². The molecule has 0 saturated carbocycles. The highest BCUT2D eigenvalue weighted by Crippen LogP contribution is 2.28. The topological polar surface area (TPSA) is 30.5 Å². The predicted octanol–water partition coefficient (Wildman–Crippen LogP) is 8.45. The summed E-state index contributed by atoms with van der Waals surface area (Å²) in [7, 11) is 1.72. The zero-order valence-electron chi connectivity index (χ0n) is 21.0. The van der Waals surface area contributed by atoms with Crippen molar-refractivity contribution in [3.8, 4) is 11.5 Å². The van der Waals surface area contributed by atoms with Gasteiger partial charge in [0.15, 0.2) is 11.5 Å². The summed E-state index contributed by atoms with van der Waals surface area (Å²) in [6.45, 7) is 7.20. The van der Waals surface area contributed by atoms with Gasteiger partial charge in [-0.1, -0.05) is 110 Å². The summed E-state index contributed by atoms with van der Waals surface area (Å²) >= 11 is 0. The van der Waals surface area contributed by atoms with Crippen LogP contribution in [0.25, 0.3) is 0 Å². The van der Waals surface area contributed by atoms with E-state index in [1.807, 2.05) is 6.07 Å². The molecular formula is C28H51NO2. The van der Waals surface area contributed by atoms with E-state index in [4.69, 9.17) is 9.47 Å². The molecule has 0 heterocycles. The second-order valence-electron chi connectivity index (χ2n) is 8.96. The fourth-order valence-electron chi connectivity index (χ4n) is 3.94. The van der Waals surface area contributed by atoms with Crippen LogP contribution in [0, 0.1) is 0 Å². The van der Waals surface area contributed by atoms with E-state index in [0.29, 0.717) is 0 Å². The zero-order chi connectivity index (χ0) is 22.4. The summed E-state index contributed by atoms with van der Waals surface area (Å²) in [4.78, 5) is 0. The van der Waals surface area contributed by atoms with Gasteiger partial charge in [-0.2, -0.15) is 0 Å². The minimum Gasteiger partial charge on any atom is -0.493 e. The second-order valence-corrected chi connectivity index (χ2v) is 8.96. The van der Waals surface area contributed by atoms with Gasteiger partial charge in [-0.3, -0.25) is 0 Å². The maximum absolute atomic E-state index is 5.81. The van der Waals surface area contributed by atoms with E-state index in [1.54, 1.807) is 7.11 Å². The van der Waals surface area contributed by atoms with Gasteiger partial charge in [0, 0.05) is 6.54 Å². The van der Waals surface area contributed by atoms with E-state index >= 15 is 0 Å². The van der Waals surface area contributed by atoms with Gasteiger partial charge in [-0.25, -0.2) is 0 Å². The van der Waals surface area contributed by atoms with Gasteiger partial charge in [-0.15, -0.1) is 0 Å². The van der Waals surface area contributed by atoms with Gasteiger partial charge in [0.05, 0.1) is 13.7 Å². The molecule has 0 unspecified atom stereocenters. The highest BCUT2D eigenvalue weighted by Gasteiger charge is 2.05. The Morgan fingerprint density at radius 2 is 1.19 bits per heavy atom. The fourth-order valence-corrected chi connectivity index (χ4v) is 3.94. The van der Waals surface area contributed by atoms with E-state index in [9.17, 15) is 0 Å². The highest BCUT2D eigenvalue weighted by molar-refractivity contribution is 5.42. The number of hydrogen-bond donors (Lipinski definition) is 1. The number of benzene rings is 1. The maximum Gasteiger partial charge on any atom is 0.161 e. The van der Waals surface area contributed by atoms with Crippen LogP contribution in [0.1, 0.15) is 122 Å². The number of nitrogens with one attached hydrogen (secondary N) is 1. The molecule has 31 heavy (non-hydrogen) atoms. The average Bonchev–Trinajstić information content (AvgIpc) is 2.79. The van der Waals surface area contributed by atoms with Crippen LogP contribution in [0.2, 0.25) is 0 Å². The Morgan fingerprint density at radius 1 is 0.645 bits per heavy atom. The number of hydrogen-bond acceptors (Lipinski definition) is 3. The minimum absolute atomic E-state index is 0.754. The molecule has 1 rings (SSSR count). The van der Waals surface area contributed by atoms with Crippen molar-refractivity contribution in [2.24, 2.45) is 0 Å². The van der Waals surface area contributed by atoms with Crippen LogP contribution < -0.4 is 14.8 Å². The maximum atomic E-state index is 5.81. The van der Waals surface area contributed by atoms with Crippen LogP contribution in [-0.2, 0) is 6.54 Å².